The Balaban J connectivity index is 1.48. The molecule has 0 unspecified atom stereocenters. The summed E-state index contributed by atoms with van der Waals surface area (Å²) < 4.78 is 1.87. The van der Waals surface area contributed by atoms with Crippen molar-refractivity contribution in [2.75, 3.05) is 18.0 Å². The summed E-state index contributed by atoms with van der Waals surface area (Å²) in [6.45, 7) is 2.26. The third kappa shape index (κ3) is 2.66. The van der Waals surface area contributed by atoms with Crippen LogP contribution in [0, 0.1) is 0 Å². The Morgan fingerprint density at radius 3 is 3.05 bits per heavy atom. The van der Waals surface area contributed by atoms with Crippen molar-refractivity contribution in [3.8, 4) is 0 Å². The van der Waals surface area contributed by atoms with Crippen molar-refractivity contribution in [2.24, 2.45) is 0 Å². The van der Waals surface area contributed by atoms with Crippen LogP contribution in [0.25, 0.3) is 0 Å². The third-order valence-corrected chi connectivity index (χ3v) is 3.53. The van der Waals surface area contributed by atoms with Crippen LogP contribution in [0.4, 0.5) is 10.5 Å². The van der Waals surface area contributed by atoms with Gasteiger partial charge in [0, 0.05) is 37.7 Å². The van der Waals surface area contributed by atoms with E-state index < -0.39 is 0 Å². The monoisotopic (exact) mass is 270 g/mol. The van der Waals surface area contributed by atoms with Crippen molar-refractivity contribution >= 4 is 11.7 Å². The first-order valence-corrected chi connectivity index (χ1v) is 6.95. The number of aromatic nitrogens is 2. The maximum Gasteiger partial charge on any atom is 0.321 e. The smallest absolute Gasteiger partial charge is 0.321 e. The molecule has 1 N–H and O–H groups in total. The van der Waals surface area contributed by atoms with Crippen molar-refractivity contribution in [1.82, 2.24) is 15.1 Å². The molecule has 20 heavy (non-hydrogen) atoms. The first-order chi connectivity index (χ1) is 9.84. The van der Waals surface area contributed by atoms with Crippen LogP contribution in [0.15, 0.2) is 42.7 Å². The van der Waals surface area contributed by atoms with Gasteiger partial charge in [-0.05, 0) is 30.5 Å². The molecular weight excluding hydrogens is 252 g/mol. The minimum atomic E-state index is -0.00425. The number of amides is 2. The molecule has 1 aromatic heterocycles. The van der Waals surface area contributed by atoms with Gasteiger partial charge in [0.1, 0.15) is 0 Å². The quantitative estimate of drug-likeness (QED) is 0.864. The van der Waals surface area contributed by atoms with E-state index in [-0.39, 0.29) is 6.03 Å². The van der Waals surface area contributed by atoms with Crippen LogP contribution in [0.3, 0.4) is 0 Å². The van der Waals surface area contributed by atoms with Gasteiger partial charge >= 0.3 is 6.03 Å². The number of carbonyl (C=O) groups excluding carboxylic acids is 1. The predicted molar refractivity (Wildman–Crippen MR) is 77.7 cm³/mol. The Labute approximate surface area is 118 Å². The standard InChI is InChI=1S/C15H18N4O/c20-15(16-8-3-10-18-11-4-9-17-18)19-12-7-13-5-1-2-6-14(13)19/h1-2,4-6,9,11H,3,7-8,10,12H2,(H,16,20). The molecule has 5 heteroatoms. The molecule has 5 nitrogen and oxygen atoms in total. The number of hydrogen-bond acceptors (Lipinski definition) is 2. The second kappa shape index (κ2) is 5.77. The molecule has 1 aromatic carbocycles. The van der Waals surface area contributed by atoms with Crippen LogP contribution < -0.4 is 10.2 Å². The summed E-state index contributed by atoms with van der Waals surface area (Å²) in [6.07, 6.45) is 5.51. The van der Waals surface area contributed by atoms with Crippen molar-refractivity contribution in [3.63, 3.8) is 0 Å². The van der Waals surface area contributed by atoms with Crippen LogP contribution in [0.2, 0.25) is 0 Å². The zero-order chi connectivity index (χ0) is 13.8. The molecule has 0 saturated heterocycles. The fourth-order valence-electron chi connectivity index (χ4n) is 2.51. The zero-order valence-corrected chi connectivity index (χ0v) is 11.3. The molecule has 104 valence electrons. The van der Waals surface area contributed by atoms with Gasteiger partial charge in [-0.15, -0.1) is 0 Å². The van der Waals surface area contributed by atoms with E-state index in [1.54, 1.807) is 6.20 Å². The molecule has 2 amide bonds. The van der Waals surface area contributed by atoms with E-state index in [9.17, 15) is 4.79 Å². The number of urea groups is 1. The molecule has 0 aliphatic carbocycles. The highest BCUT2D eigenvalue weighted by atomic mass is 16.2. The molecule has 1 aliphatic heterocycles. The second-order valence-electron chi connectivity index (χ2n) is 4.88. The lowest BCUT2D eigenvalue weighted by molar-refractivity contribution is 0.246. The molecule has 0 atom stereocenters. The Kier molecular flexibility index (Phi) is 3.67. The number of para-hydroxylation sites is 1. The van der Waals surface area contributed by atoms with Gasteiger partial charge in [0.2, 0.25) is 0 Å². The van der Waals surface area contributed by atoms with Crippen LogP contribution >= 0.6 is 0 Å². The van der Waals surface area contributed by atoms with Gasteiger partial charge in [-0.25, -0.2) is 4.79 Å². The van der Waals surface area contributed by atoms with E-state index in [2.05, 4.69) is 16.5 Å². The summed E-state index contributed by atoms with van der Waals surface area (Å²) in [5.74, 6) is 0. The van der Waals surface area contributed by atoms with Crippen molar-refractivity contribution in [2.45, 2.75) is 19.4 Å². The van der Waals surface area contributed by atoms with E-state index in [0.717, 1.165) is 31.6 Å². The number of carbonyl (C=O) groups is 1. The summed E-state index contributed by atoms with van der Waals surface area (Å²) in [4.78, 5) is 14.0. The molecule has 0 fully saturated rings. The van der Waals surface area contributed by atoms with Gasteiger partial charge in [-0.1, -0.05) is 18.2 Å². The lowest BCUT2D eigenvalue weighted by Crippen LogP contribution is -2.39. The van der Waals surface area contributed by atoms with Crippen LogP contribution in [0.1, 0.15) is 12.0 Å². The second-order valence-corrected chi connectivity index (χ2v) is 4.88. The number of fused-ring (bicyclic) bond motifs is 1. The molecule has 0 saturated carbocycles. The first-order valence-electron chi connectivity index (χ1n) is 6.95. The molecule has 0 spiro atoms. The van der Waals surface area contributed by atoms with Crippen molar-refractivity contribution in [1.29, 1.82) is 0 Å². The van der Waals surface area contributed by atoms with E-state index in [1.165, 1.54) is 5.56 Å². The summed E-state index contributed by atoms with van der Waals surface area (Å²) in [7, 11) is 0. The SMILES string of the molecule is O=C(NCCCn1cccn1)N1CCc2ccccc21. The highest BCUT2D eigenvalue weighted by molar-refractivity contribution is 5.94. The summed E-state index contributed by atoms with van der Waals surface area (Å²) in [5.41, 5.74) is 2.29. The highest BCUT2D eigenvalue weighted by Crippen LogP contribution is 2.27. The van der Waals surface area contributed by atoms with E-state index in [4.69, 9.17) is 0 Å². The van der Waals surface area contributed by atoms with E-state index in [1.807, 2.05) is 40.0 Å². The van der Waals surface area contributed by atoms with Gasteiger partial charge in [0.05, 0.1) is 0 Å². The largest absolute Gasteiger partial charge is 0.338 e. The maximum atomic E-state index is 12.2. The minimum absolute atomic E-state index is 0.00425. The third-order valence-electron chi connectivity index (χ3n) is 3.53. The molecule has 1 aliphatic rings. The van der Waals surface area contributed by atoms with Gasteiger partial charge in [-0.2, -0.15) is 5.10 Å². The Bertz CT molecular complexity index is 579. The number of nitrogens with one attached hydrogen (secondary N) is 1. The van der Waals surface area contributed by atoms with Gasteiger partial charge in [0.15, 0.2) is 0 Å². The molecular formula is C15H18N4O. The normalized spacial score (nSPS) is 13.3. The van der Waals surface area contributed by atoms with Crippen molar-refractivity contribution in [3.05, 3.63) is 48.3 Å². The Morgan fingerprint density at radius 2 is 2.20 bits per heavy atom. The van der Waals surface area contributed by atoms with Gasteiger partial charge in [0.25, 0.3) is 0 Å². The van der Waals surface area contributed by atoms with Crippen molar-refractivity contribution < 1.29 is 4.79 Å². The molecule has 2 aromatic rings. The Hall–Kier alpha value is -2.30. The van der Waals surface area contributed by atoms with E-state index in [0.29, 0.717) is 6.54 Å². The topological polar surface area (TPSA) is 50.2 Å². The number of aryl methyl sites for hydroxylation is 1. The van der Waals surface area contributed by atoms with Crippen LogP contribution in [-0.4, -0.2) is 28.9 Å². The van der Waals surface area contributed by atoms with E-state index >= 15 is 0 Å². The molecule has 3 rings (SSSR count). The fourth-order valence-corrected chi connectivity index (χ4v) is 2.51. The summed E-state index contributed by atoms with van der Waals surface area (Å²) in [5, 5.41) is 7.11. The number of hydrogen-bond donors (Lipinski definition) is 1. The highest BCUT2D eigenvalue weighted by Gasteiger charge is 2.23. The van der Waals surface area contributed by atoms with Crippen LogP contribution in [-0.2, 0) is 13.0 Å². The Morgan fingerprint density at radius 1 is 1.30 bits per heavy atom. The first kappa shape index (κ1) is 12.7. The maximum absolute atomic E-state index is 12.2. The fraction of sp³-hybridized carbons (Fsp3) is 0.333. The zero-order valence-electron chi connectivity index (χ0n) is 11.3. The number of benzene rings is 1. The average molecular weight is 270 g/mol. The molecule has 0 radical (unpaired) electrons. The summed E-state index contributed by atoms with van der Waals surface area (Å²) >= 11 is 0. The molecule has 0 bridgehead atoms. The lowest BCUT2D eigenvalue weighted by atomic mass is 10.2. The number of anilines is 1. The minimum Gasteiger partial charge on any atom is -0.338 e. The predicted octanol–water partition coefficient (Wildman–Crippen LogP) is 2.05. The lowest BCUT2D eigenvalue weighted by Gasteiger charge is -2.18. The molecule has 2 heterocycles. The number of rotatable bonds is 4. The van der Waals surface area contributed by atoms with Gasteiger partial charge in [-0.3, -0.25) is 9.58 Å². The number of nitrogens with zero attached hydrogens (tertiary/aromatic N) is 3. The average Bonchev–Trinajstić information content (AvgIpc) is 3.12. The van der Waals surface area contributed by atoms with Crippen LogP contribution in [0.5, 0.6) is 0 Å². The van der Waals surface area contributed by atoms with Gasteiger partial charge < -0.3 is 5.32 Å². The summed E-state index contributed by atoms with van der Waals surface area (Å²) in [6, 6.07) is 9.98.